The van der Waals surface area contributed by atoms with Crippen molar-refractivity contribution >= 4 is 11.8 Å². The minimum atomic E-state index is -0.124. The third kappa shape index (κ3) is 4.25. The predicted molar refractivity (Wildman–Crippen MR) is 134 cm³/mol. The van der Waals surface area contributed by atoms with Gasteiger partial charge in [-0.3, -0.25) is 9.59 Å². The monoisotopic (exact) mass is 456 g/mol. The van der Waals surface area contributed by atoms with E-state index in [1.54, 1.807) is 6.92 Å². The summed E-state index contributed by atoms with van der Waals surface area (Å²) in [5, 5.41) is 0. The molecule has 3 saturated carbocycles. The molecule has 0 saturated heterocycles. The summed E-state index contributed by atoms with van der Waals surface area (Å²) in [7, 11) is 0. The fraction of sp³-hybridized carbons (Fsp3) is 0.867. The van der Waals surface area contributed by atoms with Gasteiger partial charge in [0.05, 0.1) is 0 Å². The van der Waals surface area contributed by atoms with Crippen LogP contribution in [-0.2, 0) is 14.3 Å². The van der Waals surface area contributed by atoms with Crippen LogP contribution in [0.25, 0.3) is 0 Å². The van der Waals surface area contributed by atoms with Crippen molar-refractivity contribution in [2.45, 2.75) is 112 Å². The molecular formula is C30H48O3. The lowest BCUT2D eigenvalue weighted by Crippen LogP contribution is -2.57. The van der Waals surface area contributed by atoms with Crippen LogP contribution in [0.4, 0.5) is 0 Å². The Morgan fingerprint density at radius 2 is 1.79 bits per heavy atom. The molecule has 0 aromatic rings. The Balaban J connectivity index is 1.62. The minimum absolute atomic E-state index is 0.00697. The van der Waals surface area contributed by atoms with E-state index in [1.165, 1.54) is 37.7 Å². The molecule has 4 rings (SSSR count). The Labute approximate surface area is 202 Å². The Bertz CT molecular complexity index is 796. The van der Waals surface area contributed by atoms with Crippen LogP contribution in [0, 0.1) is 52.3 Å². The maximum absolute atomic E-state index is 12.3. The molecule has 0 N–H and O–H groups in total. The fourth-order valence-corrected chi connectivity index (χ4v) is 8.90. The molecule has 0 amide bonds. The van der Waals surface area contributed by atoms with E-state index in [0.29, 0.717) is 41.8 Å². The highest BCUT2D eigenvalue weighted by Gasteiger charge is 2.64. The first-order chi connectivity index (χ1) is 15.5. The van der Waals surface area contributed by atoms with Crippen molar-refractivity contribution in [3.8, 4) is 0 Å². The first-order valence-corrected chi connectivity index (χ1v) is 13.9. The van der Waals surface area contributed by atoms with Gasteiger partial charge in [-0.15, -0.1) is 0 Å². The van der Waals surface area contributed by atoms with Crippen LogP contribution in [0.3, 0.4) is 0 Å². The van der Waals surface area contributed by atoms with Crippen molar-refractivity contribution < 1.29 is 14.3 Å². The normalized spacial score (nSPS) is 42.1. The lowest BCUT2D eigenvalue weighted by Gasteiger charge is -2.60. The molecule has 0 aliphatic heterocycles. The Morgan fingerprint density at radius 1 is 1.06 bits per heavy atom. The predicted octanol–water partition coefficient (Wildman–Crippen LogP) is 7.38. The van der Waals surface area contributed by atoms with Crippen molar-refractivity contribution in [1.29, 1.82) is 0 Å². The number of fused-ring (bicyclic) bond motifs is 5. The number of allylic oxidation sites excluding steroid dienone is 1. The maximum Gasteiger partial charge on any atom is 0.302 e. The molecule has 0 radical (unpaired) electrons. The number of hydrogen-bond acceptors (Lipinski definition) is 3. The van der Waals surface area contributed by atoms with Gasteiger partial charge in [0.25, 0.3) is 0 Å². The fourth-order valence-electron chi connectivity index (χ4n) is 8.90. The second-order valence-corrected chi connectivity index (χ2v) is 13.1. The van der Waals surface area contributed by atoms with Gasteiger partial charge in [-0.1, -0.05) is 60.0 Å². The van der Waals surface area contributed by atoms with Gasteiger partial charge in [0, 0.05) is 18.8 Å². The molecule has 9 atom stereocenters. The SMILES string of the molecule is CC(=O)OC1CC2C(CCC3=CC(=O)CCC32C)C2CCC(C(C)CCC(C)C(C)C)C12C. The van der Waals surface area contributed by atoms with Crippen LogP contribution in [0.15, 0.2) is 11.6 Å². The van der Waals surface area contributed by atoms with Crippen LogP contribution < -0.4 is 0 Å². The van der Waals surface area contributed by atoms with E-state index in [9.17, 15) is 9.59 Å². The van der Waals surface area contributed by atoms with Gasteiger partial charge in [0.15, 0.2) is 5.78 Å². The summed E-state index contributed by atoms with van der Waals surface area (Å²) in [6.07, 6.45) is 12.0. The van der Waals surface area contributed by atoms with Crippen molar-refractivity contribution in [2.24, 2.45) is 52.3 Å². The topological polar surface area (TPSA) is 43.4 Å². The minimum Gasteiger partial charge on any atom is -0.462 e. The lowest BCUT2D eigenvalue weighted by atomic mass is 9.45. The average molecular weight is 457 g/mol. The maximum atomic E-state index is 12.3. The number of ether oxygens (including phenoxy) is 1. The molecule has 3 nitrogen and oxygen atoms in total. The largest absolute Gasteiger partial charge is 0.462 e. The van der Waals surface area contributed by atoms with Crippen molar-refractivity contribution in [3.63, 3.8) is 0 Å². The highest BCUT2D eigenvalue weighted by molar-refractivity contribution is 5.91. The first-order valence-electron chi connectivity index (χ1n) is 13.9. The summed E-state index contributed by atoms with van der Waals surface area (Å²) >= 11 is 0. The van der Waals surface area contributed by atoms with Gasteiger partial charge in [0.2, 0.25) is 0 Å². The number of hydrogen-bond donors (Lipinski definition) is 0. The smallest absolute Gasteiger partial charge is 0.302 e. The number of ketones is 1. The number of esters is 1. The second-order valence-electron chi connectivity index (χ2n) is 13.1. The molecule has 0 aromatic heterocycles. The molecule has 186 valence electrons. The van der Waals surface area contributed by atoms with E-state index in [4.69, 9.17) is 4.74 Å². The van der Waals surface area contributed by atoms with Crippen LogP contribution >= 0.6 is 0 Å². The van der Waals surface area contributed by atoms with Crippen molar-refractivity contribution in [1.82, 2.24) is 0 Å². The molecule has 0 aromatic carbocycles. The summed E-state index contributed by atoms with van der Waals surface area (Å²) in [6.45, 7) is 16.0. The summed E-state index contributed by atoms with van der Waals surface area (Å²) in [5.41, 5.74) is 1.57. The zero-order chi connectivity index (χ0) is 24.1. The van der Waals surface area contributed by atoms with E-state index in [-0.39, 0.29) is 22.9 Å². The summed E-state index contributed by atoms with van der Waals surface area (Å²) in [6, 6.07) is 0. The van der Waals surface area contributed by atoms with E-state index in [0.717, 1.165) is 31.1 Å². The molecule has 3 heteroatoms. The van der Waals surface area contributed by atoms with Crippen LogP contribution in [0.2, 0.25) is 0 Å². The van der Waals surface area contributed by atoms with Gasteiger partial charge in [-0.05, 0) is 91.4 Å². The molecule has 0 bridgehead atoms. The van der Waals surface area contributed by atoms with E-state index in [1.807, 2.05) is 6.08 Å². The third-order valence-corrected chi connectivity index (χ3v) is 11.3. The Kier molecular flexibility index (Phi) is 6.93. The van der Waals surface area contributed by atoms with Gasteiger partial charge in [0.1, 0.15) is 6.10 Å². The molecule has 4 aliphatic rings. The standard InChI is InChI=1S/C30H48O3/c1-18(2)19(3)8-9-20(4)25-12-13-26-24-11-10-22-16-23(32)14-15-29(22,6)27(24)17-28(30(25,26)7)33-21(5)31/h16,18-20,24-28H,8-15,17H2,1-7H3. The molecule has 0 spiro atoms. The number of carbonyl (C=O) groups is 2. The zero-order valence-corrected chi connectivity index (χ0v) is 22.3. The summed E-state index contributed by atoms with van der Waals surface area (Å²) in [4.78, 5) is 24.5. The molecular weight excluding hydrogens is 408 g/mol. The van der Waals surface area contributed by atoms with Gasteiger partial charge >= 0.3 is 5.97 Å². The van der Waals surface area contributed by atoms with Gasteiger partial charge in [-0.2, -0.15) is 0 Å². The number of carbonyl (C=O) groups excluding carboxylic acids is 2. The molecule has 9 unspecified atom stereocenters. The van der Waals surface area contributed by atoms with Crippen LogP contribution in [0.5, 0.6) is 0 Å². The summed E-state index contributed by atoms with van der Waals surface area (Å²) < 4.78 is 6.22. The van der Waals surface area contributed by atoms with E-state index in [2.05, 4.69) is 41.5 Å². The first kappa shape index (κ1) is 25.0. The van der Waals surface area contributed by atoms with Gasteiger partial charge < -0.3 is 4.74 Å². The number of rotatable bonds is 6. The second kappa shape index (κ2) is 9.15. The quantitative estimate of drug-likeness (QED) is 0.391. The average Bonchev–Trinajstić information content (AvgIpc) is 3.11. The lowest BCUT2D eigenvalue weighted by molar-refractivity contribution is -0.181. The van der Waals surface area contributed by atoms with Gasteiger partial charge in [-0.25, -0.2) is 0 Å². The van der Waals surface area contributed by atoms with Crippen LogP contribution in [-0.4, -0.2) is 17.9 Å². The molecule has 3 fully saturated rings. The van der Waals surface area contributed by atoms with Crippen molar-refractivity contribution in [2.75, 3.05) is 0 Å². The Morgan fingerprint density at radius 3 is 2.45 bits per heavy atom. The zero-order valence-electron chi connectivity index (χ0n) is 22.3. The molecule has 4 aliphatic carbocycles. The Hall–Kier alpha value is -1.12. The van der Waals surface area contributed by atoms with E-state index >= 15 is 0 Å². The highest BCUT2D eigenvalue weighted by Crippen LogP contribution is 2.68. The van der Waals surface area contributed by atoms with E-state index < -0.39 is 0 Å². The van der Waals surface area contributed by atoms with Crippen LogP contribution in [0.1, 0.15) is 106 Å². The highest BCUT2D eigenvalue weighted by atomic mass is 16.5. The molecule has 0 heterocycles. The van der Waals surface area contributed by atoms with Crippen molar-refractivity contribution in [3.05, 3.63) is 11.6 Å². The molecule has 33 heavy (non-hydrogen) atoms. The third-order valence-electron chi connectivity index (χ3n) is 11.3. The summed E-state index contributed by atoms with van der Waals surface area (Å²) in [5.74, 6) is 4.83.